The molecule has 0 amide bonds. The van der Waals surface area contributed by atoms with Gasteiger partial charge in [0.15, 0.2) is 0 Å². The summed E-state index contributed by atoms with van der Waals surface area (Å²) in [4.78, 5) is 10.8. The number of hydrogen-bond donors (Lipinski definition) is 3. The lowest BCUT2D eigenvalue weighted by Gasteiger charge is -2.30. The molecule has 6 nitrogen and oxygen atoms in total. The average Bonchev–Trinajstić information content (AvgIpc) is 2.89. The van der Waals surface area contributed by atoms with Crippen LogP contribution in [0.1, 0.15) is 35.4 Å². The molecule has 1 aliphatic carbocycles. The Balaban J connectivity index is 2.15. The summed E-state index contributed by atoms with van der Waals surface area (Å²) in [5, 5.41) is 18.1. The van der Waals surface area contributed by atoms with Gasteiger partial charge in [-0.15, -0.1) is 11.3 Å². The average molecular weight is 319 g/mol. The van der Waals surface area contributed by atoms with E-state index in [0.717, 1.165) is 30.6 Å². The molecule has 1 saturated carbocycles. The van der Waals surface area contributed by atoms with Gasteiger partial charge in [-0.25, -0.2) is 17.9 Å². The summed E-state index contributed by atoms with van der Waals surface area (Å²) >= 11 is 0.733. The molecule has 3 N–H and O–H groups in total. The van der Waals surface area contributed by atoms with Crippen molar-refractivity contribution in [2.45, 2.75) is 35.9 Å². The van der Waals surface area contributed by atoms with E-state index in [1.54, 1.807) is 0 Å². The minimum Gasteiger partial charge on any atom is -0.477 e. The molecule has 0 spiro atoms. The number of sulfonamides is 1. The van der Waals surface area contributed by atoms with Gasteiger partial charge < -0.3 is 10.2 Å². The van der Waals surface area contributed by atoms with Crippen LogP contribution in [0.2, 0.25) is 0 Å². The molecule has 0 aliphatic heterocycles. The van der Waals surface area contributed by atoms with Crippen LogP contribution in [0.15, 0.2) is 16.3 Å². The molecule has 1 aromatic rings. The predicted octanol–water partition coefficient (Wildman–Crippen LogP) is 1.28. The van der Waals surface area contributed by atoms with E-state index in [0.29, 0.717) is 6.42 Å². The summed E-state index contributed by atoms with van der Waals surface area (Å²) in [5.74, 6) is -1.21. The van der Waals surface area contributed by atoms with Crippen LogP contribution in [-0.2, 0) is 10.0 Å². The summed E-state index contributed by atoms with van der Waals surface area (Å²) < 4.78 is 27.0. The van der Waals surface area contributed by atoms with Crippen LogP contribution in [0.25, 0.3) is 0 Å². The lowest BCUT2D eigenvalue weighted by molar-refractivity contribution is 0.0702. The van der Waals surface area contributed by atoms with Gasteiger partial charge in [0.05, 0.1) is 0 Å². The van der Waals surface area contributed by atoms with Gasteiger partial charge >= 0.3 is 5.97 Å². The Bertz CT molecular complexity index is 580. The van der Waals surface area contributed by atoms with Crippen molar-refractivity contribution in [3.05, 3.63) is 17.0 Å². The van der Waals surface area contributed by atoms with Gasteiger partial charge in [0.2, 0.25) is 10.0 Å². The van der Waals surface area contributed by atoms with Crippen molar-refractivity contribution in [1.29, 1.82) is 0 Å². The van der Waals surface area contributed by atoms with Crippen molar-refractivity contribution in [1.82, 2.24) is 4.72 Å². The van der Waals surface area contributed by atoms with Crippen molar-refractivity contribution < 1.29 is 23.4 Å². The highest BCUT2D eigenvalue weighted by molar-refractivity contribution is 7.91. The molecule has 1 fully saturated rings. The normalized spacial score (nSPS) is 23.6. The zero-order valence-electron chi connectivity index (χ0n) is 10.8. The molecule has 1 aliphatic rings. The highest BCUT2D eigenvalue weighted by atomic mass is 32.2. The highest BCUT2D eigenvalue weighted by Gasteiger charge is 2.30. The second kappa shape index (κ2) is 6.21. The Labute approximate surface area is 121 Å². The Kier molecular flexibility index (Phi) is 4.79. The SMILES string of the molecule is O=C(O)c1ccc(S(=O)(=O)NC2CCCCC2CO)s1. The molecule has 2 unspecified atom stereocenters. The van der Waals surface area contributed by atoms with Gasteiger partial charge in [-0.05, 0) is 30.9 Å². The molecule has 0 aromatic carbocycles. The first-order valence-electron chi connectivity index (χ1n) is 6.40. The number of carboxylic acid groups (broad SMARTS) is 1. The van der Waals surface area contributed by atoms with Gasteiger partial charge in [0, 0.05) is 12.6 Å². The third-order valence-corrected chi connectivity index (χ3v) is 6.56. The second-order valence-electron chi connectivity index (χ2n) is 4.88. The summed E-state index contributed by atoms with van der Waals surface area (Å²) in [6.45, 7) is -0.0436. The first-order valence-corrected chi connectivity index (χ1v) is 8.70. The molecule has 1 aromatic heterocycles. The monoisotopic (exact) mass is 319 g/mol. The molecule has 0 saturated heterocycles. The Hall–Kier alpha value is -0.960. The smallest absolute Gasteiger partial charge is 0.345 e. The van der Waals surface area contributed by atoms with Gasteiger partial charge in [-0.2, -0.15) is 0 Å². The van der Waals surface area contributed by atoms with Gasteiger partial charge in [-0.1, -0.05) is 12.8 Å². The number of aromatic carboxylic acids is 1. The zero-order chi connectivity index (χ0) is 14.8. The summed E-state index contributed by atoms with van der Waals surface area (Å²) in [7, 11) is -3.72. The molecule has 20 heavy (non-hydrogen) atoms. The fourth-order valence-corrected chi connectivity index (χ4v) is 4.92. The molecule has 0 radical (unpaired) electrons. The first kappa shape index (κ1) is 15.4. The molecular formula is C12H17NO5S2. The summed E-state index contributed by atoms with van der Waals surface area (Å²) in [6.07, 6.45) is 3.41. The number of carbonyl (C=O) groups is 1. The van der Waals surface area contributed by atoms with E-state index in [1.807, 2.05) is 0 Å². The van der Waals surface area contributed by atoms with Gasteiger partial charge in [-0.3, -0.25) is 0 Å². The number of hydrogen-bond acceptors (Lipinski definition) is 5. The second-order valence-corrected chi connectivity index (χ2v) is 7.90. The lowest BCUT2D eigenvalue weighted by Crippen LogP contribution is -2.43. The Morgan fingerprint density at radius 3 is 2.65 bits per heavy atom. The maximum Gasteiger partial charge on any atom is 0.345 e. The molecule has 2 rings (SSSR count). The minimum atomic E-state index is -3.72. The summed E-state index contributed by atoms with van der Waals surface area (Å²) in [6, 6.07) is 2.30. The van der Waals surface area contributed by atoms with Crippen molar-refractivity contribution in [2.24, 2.45) is 5.92 Å². The van der Waals surface area contributed by atoms with Crippen LogP contribution in [0, 0.1) is 5.92 Å². The van der Waals surface area contributed by atoms with Crippen molar-refractivity contribution in [3.63, 3.8) is 0 Å². The number of aliphatic hydroxyl groups is 1. The van der Waals surface area contributed by atoms with Crippen LogP contribution in [0.5, 0.6) is 0 Å². The molecule has 112 valence electrons. The van der Waals surface area contributed by atoms with Crippen LogP contribution in [0.3, 0.4) is 0 Å². The molecule has 0 bridgehead atoms. The van der Waals surface area contributed by atoms with E-state index in [-0.39, 0.29) is 27.7 Å². The van der Waals surface area contributed by atoms with Gasteiger partial charge in [0.25, 0.3) is 0 Å². The lowest BCUT2D eigenvalue weighted by atomic mass is 9.86. The number of aliphatic hydroxyl groups excluding tert-OH is 1. The third kappa shape index (κ3) is 3.38. The standard InChI is InChI=1S/C12H17NO5S2/c14-7-8-3-1-2-4-9(8)13-20(17,18)11-6-5-10(19-11)12(15)16/h5-6,8-9,13-14H,1-4,7H2,(H,15,16). The van der Waals surface area contributed by atoms with E-state index in [1.165, 1.54) is 12.1 Å². The fourth-order valence-electron chi connectivity index (χ4n) is 2.42. The number of thiophene rings is 1. The van der Waals surface area contributed by atoms with E-state index in [2.05, 4.69) is 4.72 Å². The molecule has 8 heteroatoms. The van der Waals surface area contributed by atoms with Crippen LogP contribution >= 0.6 is 11.3 Å². The summed E-state index contributed by atoms with van der Waals surface area (Å²) in [5.41, 5.74) is 0. The Morgan fingerprint density at radius 1 is 1.35 bits per heavy atom. The van der Waals surface area contributed by atoms with E-state index in [4.69, 9.17) is 5.11 Å². The maximum atomic E-state index is 12.2. The largest absolute Gasteiger partial charge is 0.477 e. The zero-order valence-corrected chi connectivity index (χ0v) is 12.4. The van der Waals surface area contributed by atoms with Crippen molar-refractivity contribution >= 4 is 27.3 Å². The third-order valence-electron chi connectivity index (χ3n) is 3.51. The molecule has 2 atom stereocenters. The molecule has 1 heterocycles. The Morgan fingerprint density at radius 2 is 2.05 bits per heavy atom. The number of nitrogens with one attached hydrogen (secondary N) is 1. The number of carboxylic acids is 1. The quantitative estimate of drug-likeness (QED) is 0.758. The van der Waals surface area contributed by atoms with Gasteiger partial charge in [0.1, 0.15) is 9.09 Å². The predicted molar refractivity (Wildman–Crippen MR) is 74.4 cm³/mol. The molecular weight excluding hydrogens is 302 g/mol. The van der Waals surface area contributed by atoms with E-state index >= 15 is 0 Å². The van der Waals surface area contributed by atoms with Crippen molar-refractivity contribution in [3.8, 4) is 0 Å². The van der Waals surface area contributed by atoms with Crippen LogP contribution in [-0.4, -0.2) is 37.2 Å². The van der Waals surface area contributed by atoms with Crippen molar-refractivity contribution in [2.75, 3.05) is 6.61 Å². The van der Waals surface area contributed by atoms with E-state index < -0.39 is 16.0 Å². The first-order chi connectivity index (χ1) is 9.44. The van der Waals surface area contributed by atoms with E-state index in [9.17, 15) is 18.3 Å². The fraction of sp³-hybridized carbons (Fsp3) is 0.583. The minimum absolute atomic E-state index is 0.00263. The number of rotatable bonds is 5. The van der Waals surface area contributed by atoms with Crippen LogP contribution in [0.4, 0.5) is 0 Å². The topological polar surface area (TPSA) is 104 Å². The van der Waals surface area contributed by atoms with Crippen LogP contribution < -0.4 is 4.72 Å². The maximum absolute atomic E-state index is 12.2. The highest BCUT2D eigenvalue weighted by Crippen LogP contribution is 2.27.